The summed E-state index contributed by atoms with van der Waals surface area (Å²) in [6, 6.07) is 17.4. The minimum Gasteiger partial charge on any atom is -0.479 e. The van der Waals surface area contributed by atoms with Crippen molar-refractivity contribution >= 4 is 97.3 Å². The quantitative estimate of drug-likeness (QED) is 0.0520. The number of hydrogen-bond donors (Lipinski definition) is 7. The fourth-order valence-electron chi connectivity index (χ4n) is 5.18. The third-order valence-corrected chi connectivity index (χ3v) is 11.3. The molecule has 1 heterocycles. The van der Waals surface area contributed by atoms with Crippen LogP contribution in [-0.4, -0.2) is 71.9 Å². The monoisotopic (exact) mass is 871 g/mol. The highest BCUT2D eigenvalue weighted by Gasteiger charge is 2.22. The van der Waals surface area contributed by atoms with E-state index in [2.05, 4.69) is 46.0 Å². The highest BCUT2D eigenvalue weighted by molar-refractivity contribution is 7.87. The highest BCUT2D eigenvalue weighted by Crippen LogP contribution is 2.35. The van der Waals surface area contributed by atoms with Gasteiger partial charge < -0.3 is 15.7 Å². The van der Waals surface area contributed by atoms with Crippen molar-refractivity contribution in [2.45, 2.75) is 26.5 Å². The van der Waals surface area contributed by atoms with E-state index in [0.29, 0.717) is 11.3 Å². The van der Waals surface area contributed by atoms with E-state index in [1.54, 1.807) is 13.0 Å². The summed E-state index contributed by atoms with van der Waals surface area (Å²) in [4.78, 5) is 9.30. The average molecular weight is 872 g/mol. The standard InChI is InChI=1S/C32H25N9O13S4/c1-17-13-19(7-11-25(17)41-40-21-14-24-23(28(16-21)57(49,50)51)3-2-4-27(24)56(46,47)48)33-30-35-31(37-32(42)36-30)34-26-12-8-20(15-29(26)58(52,53)54)39-38-18-5-9-22(10-6-18)55(43,44)45/h2-16H,1H3,(H,43,44,45)(H,46,47,48)(H,49,50,51)(H,52,53,54)(H3,33,34,35,36,37,42). The molecule has 300 valence electrons. The smallest absolute Gasteiger partial charge is 0.320 e. The minimum atomic E-state index is -4.90. The number of azo groups is 2. The van der Waals surface area contributed by atoms with Crippen LogP contribution < -0.4 is 10.6 Å². The van der Waals surface area contributed by atoms with Gasteiger partial charge in [-0.3, -0.25) is 18.2 Å². The average Bonchev–Trinajstić information content (AvgIpc) is 3.12. The van der Waals surface area contributed by atoms with Gasteiger partial charge in [0.15, 0.2) is 0 Å². The van der Waals surface area contributed by atoms with Gasteiger partial charge in [0, 0.05) is 16.5 Å². The van der Waals surface area contributed by atoms with Gasteiger partial charge in [0.05, 0.1) is 33.3 Å². The SMILES string of the molecule is Cc1cc(Nc2nc(O)nc(Nc3ccc(N=Nc4ccc(S(=O)(=O)O)cc4)cc3S(=O)(=O)O)n2)ccc1N=Nc1cc(S(=O)(=O)O)c2cccc(S(=O)(=O)O)c2c1. The molecule has 0 saturated carbocycles. The molecule has 0 atom stereocenters. The predicted molar refractivity (Wildman–Crippen MR) is 204 cm³/mol. The lowest BCUT2D eigenvalue weighted by molar-refractivity contribution is 0.430. The van der Waals surface area contributed by atoms with Gasteiger partial charge in [-0.1, -0.05) is 12.1 Å². The van der Waals surface area contributed by atoms with Gasteiger partial charge in [0.2, 0.25) is 11.9 Å². The molecule has 0 bridgehead atoms. The van der Waals surface area contributed by atoms with Crippen LogP contribution in [0.25, 0.3) is 10.8 Å². The number of nitrogens with one attached hydrogen (secondary N) is 2. The zero-order valence-corrected chi connectivity index (χ0v) is 32.2. The van der Waals surface area contributed by atoms with Crippen LogP contribution in [0.15, 0.2) is 131 Å². The van der Waals surface area contributed by atoms with Crippen molar-refractivity contribution in [2.24, 2.45) is 20.5 Å². The lowest BCUT2D eigenvalue weighted by atomic mass is 10.1. The van der Waals surface area contributed by atoms with E-state index in [9.17, 15) is 52.4 Å². The van der Waals surface area contributed by atoms with Crippen molar-refractivity contribution in [2.75, 3.05) is 10.6 Å². The first-order chi connectivity index (χ1) is 27.0. The summed E-state index contributed by atoms with van der Waals surface area (Å²) < 4.78 is 134. The van der Waals surface area contributed by atoms with E-state index in [-0.39, 0.29) is 56.0 Å². The summed E-state index contributed by atoms with van der Waals surface area (Å²) in [7, 11) is -19.0. The predicted octanol–water partition coefficient (Wildman–Crippen LogP) is 6.34. The Labute approximate surface area is 328 Å². The van der Waals surface area contributed by atoms with E-state index in [1.165, 1.54) is 54.6 Å². The van der Waals surface area contributed by atoms with E-state index < -0.39 is 61.2 Å². The van der Waals surface area contributed by atoms with Crippen LogP contribution in [0, 0.1) is 6.92 Å². The number of nitrogens with zero attached hydrogens (tertiary/aromatic N) is 7. The summed E-state index contributed by atoms with van der Waals surface area (Å²) in [5.41, 5.74) is 0.735. The minimum absolute atomic E-state index is 0.0531. The second kappa shape index (κ2) is 15.5. The summed E-state index contributed by atoms with van der Waals surface area (Å²) in [6.45, 7) is 1.62. The van der Waals surface area contributed by atoms with Crippen molar-refractivity contribution in [3.63, 3.8) is 0 Å². The van der Waals surface area contributed by atoms with Gasteiger partial charge in [0.1, 0.15) is 14.7 Å². The molecule has 6 rings (SSSR count). The van der Waals surface area contributed by atoms with Crippen LogP contribution in [0.3, 0.4) is 0 Å². The zero-order chi connectivity index (χ0) is 42.2. The molecule has 0 fully saturated rings. The maximum Gasteiger partial charge on any atom is 0.320 e. The van der Waals surface area contributed by atoms with Crippen LogP contribution in [0.4, 0.5) is 46.0 Å². The topological polar surface area (TPSA) is 350 Å². The number of aromatic hydroxyl groups is 1. The summed E-state index contributed by atoms with van der Waals surface area (Å²) >= 11 is 0. The molecule has 0 saturated heterocycles. The Morgan fingerprint density at radius 3 is 1.72 bits per heavy atom. The largest absolute Gasteiger partial charge is 0.479 e. The Hall–Kier alpha value is -6.39. The number of rotatable bonds is 12. The van der Waals surface area contributed by atoms with Crippen molar-refractivity contribution in [3.8, 4) is 6.01 Å². The lowest BCUT2D eigenvalue weighted by Gasteiger charge is -2.11. The van der Waals surface area contributed by atoms with Crippen molar-refractivity contribution in [1.82, 2.24) is 15.0 Å². The van der Waals surface area contributed by atoms with Crippen molar-refractivity contribution < 1.29 is 57.0 Å². The molecule has 0 aliphatic carbocycles. The Morgan fingerprint density at radius 2 is 1.10 bits per heavy atom. The number of benzene rings is 5. The molecule has 5 aromatic carbocycles. The number of anilines is 4. The first kappa shape index (κ1) is 41.2. The summed E-state index contributed by atoms with van der Waals surface area (Å²) in [5, 5.41) is 31.1. The molecule has 0 aliphatic rings. The van der Waals surface area contributed by atoms with Gasteiger partial charge in [-0.25, -0.2) is 0 Å². The van der Waals surface area contributed by atoms with Crippen LogP contribution in [0.1, 0.15) is 5.56 Å². The fourth-order valence-corrected chi connectivity index (χ4v) is 7.75. The Morgan fingerprint density at radius 1 is 0.517 bits per heavy atom. The fraction of sp³-hybridized carbons (Fsp3) is 0.0312. The van der Waals surface area contributed by atoms with E-state index in [0.717, 1.165) is 30.3 Å². The molecular weight excluding hydrogens is 847 g/mol. The van der Waals surface area contributed by atoms with E-state index in [4.69, 9.17) is 4.55 Å². The summed E-state index contributed by atoms with van der Waals surface area (Å²) in [6.07, 6.45) is 0. The molecular formula is C32H25N9O13S4. The number of aromatic nitrogens is 3. The Balaban J connectivity index is 1.22. The molecule has 0 aliphatic heterocycles. The molecule has 6 aromatic rings. The van der Waals surface area contributed by atoms with Crippen LogP contribution in [0.5, 0.6) is 6.01 Å². The molecule has 26 heteroatoms. The van der Waals surface area contributed by atoms with E-state index >= 15 is 0 Å². The van der Waals surface area contributed by atoms with Crippen LogP contribution in [-0.2, 0) is 40.5 Å². The molecule has 0 radical (unpaired) electrons. The second-order valence-corrected chi connectivity index (χ2v) is 17.4. The normalized spacial score (nSPS) is 12.7. The second-order valence-electron chi connectivity index (χ2n) is 11.8. The summed E-state index contributed by atoms with van der Waals surface area (Å²) in [5.74, 6) is -0.599. The number of hydrogen-bond acceptors (Lipinski definition) is 18. The van der Waals surface area contributed by atoms with Gasteiger partial charge in [-0.15, -0.1) is 0 Å². The van der Waals surface area contributed by atoms with E-state index in [1.807, 2.05) is 0 Å². The highest BCUT2D eigenvalue weighted by atomic mass is 32.2. The first-order valence-electron chi connectivity index (χ1n) is 15.7. The zero-order valence-electron chi connectivity index (χ0n) is 28.9. The molecule has 1 aromatic heterocycles. The molecule has 58 heavy (non-hydrogen) atoms. The number of fused-ring (bicyclic) bond motifs is 1. The number of aryl methyl sites for hydroxylation is 1. The molecule has 0 unspecified atom stereocenters. The van der Waals surface area contributed by atoms with Gasteiger partial charge >= 0.3 is 6.01 Å². The molecule has 22 nitrogen and oxygen atoms in total. The third kappa shape index (κ3) is 9.76. The van der Waals surface area contributed by atoms with Gasteiger partial charge in [-0.05, 0) is 91.3 Å². The van der Waals surface area contributed by atoms with Crippen molar-refractivity contribution in [3.05, 3.63) is 96.6 Å². The van der Waals surface area contributed by atoms with Gasteiger partial charge in [0.25, 0.3) is 40.5 Å². The lowest BCUT2D eigenvalue weighted by Crippen LogP contribution is -2.07. The van der Waals surface area contributed by atoms with Crippen molar-refractivity contribution in [1.29, 1.82) is 0 Å². The maximum atomic E-state index is 12.3. The molecule has 7 N–H and O–H groups in total. The third-order valence-electron chi connectivity index (χ3n) is 7.71. The maximum absolute atomic E-state index is 12.3. The molecule has 0 spiro atoms. The van der Waals surface area contributed by atoms with Crippen LogP contribution in [0.2, 0.25) is 0 Å². The first-order valence-corrected chi connectivity index (χ1v) is 21.4. The Kier molecular flexibility index (Phi) is 11.0. The Bertz CT molecular complexity index is 3150. The van der Waals surface area contributed by atoms with Gasteiger partial charge in [-0.2, -0.15) is 69.1 Å². The van der Waals surface area contributed by atoms with Crippen LogP contribution >= 0.6 is 0 Å². The molecule has 0 amide bonds.